The Labute approximate surface area is 313 Å². The van der Waals surface area contributed by atoms with Crippen LogP contribution in [-0.2, 0) is 52.2 Å². The number of carbonyl (C=O) groups excluding carboxylic acids is 3. The first kappa shape index (κ1) is 38.8. The average Bonchev–Trinajstić information content (AvgIpc) is 3.60. The number of esters is 1. The summed E-state index contributed by atoms with van der Waals surface area (Å²) in [7, 11) is -1.74. The number of aryl methyl sites for hydroxylation is 1. The highest BCUT2D eigenvalue weighted by molar-refractivity contribution is 8.00. The molecular weight excluding hydrogens is 745 g/mol. The number of aromatic nitrogens is 2. The molecule has 53 heavy (non-hydrogen) atoms. The topological polar surface area (TPSA) is 207 Å². The molecule has 2 amide bonds. The molecule has 3 N–H and O–H groups in total. The van der Waals surface area contributed by atoms with E-state index in [4.69, 9.17) is 15.3 Å². The summed E-state index contributed by atoms with van der Waals surface area (Å²) >= 11 is 2.55. The first-order valence-electron chi connectivity index (χ1n) is 15.7. The molecule has 2 aromatic heterocycles. The maximum Gasteiger partial charge on any atom is 0.356 e. The zero-order valence-corrected chi connectivity index (χ0v) is 30.8. The number of pyridine rings is 1. The summed E-state index contributed by atoms with van der Waals surface area (Å²) in [6, 6.07) is 23.5. The van der Waals surface area contributed by atoms with Gasteiger partial charge in [0.1, 0.15) is 29.9 Å². The second-order valence-corrected chi connectivity index (χ2v) is 14.4. The third-order valence-corrected chi connectivity index (χ3v) is 10.3. The van der Waals surface area contributed by atoms with Gasteiger partial charge in [0.25, 0.3) is 11.8 Å². The number of thiazole rings is 1. The number of nitrogens with zero attached hydrogens (tertiary/aromatic N) is 4. The Kier molecular flexibility index (Phi) is 12.8. The van der Waals surface area contributed by atoms with E-state index in [9.17, 15) is 27.4 Å². The number of rotatable bonds is 12. The summed E-state index contributed by atoms with van der Waals surface area (Å²) in [5, 5.41) is 8.15. The van der Waals surface area contributed by atoms with E-state index in [1.54, 1.807) is 11.5 Å². The van der Waals surface area contributed by atoms with Gasteiger partial charge in [-0.3, -0.25) is 18.7 Å². The van der Waals surface area contributed by atoms with Crippen molar-refractivity contribution in [1.82, 2.24) is 15.2 Å². The van der Waals surface area contributed by atoms with Crippen molar-refractivity contribution >= 4 is 62.1 Å². The van der Waals surface area contributed by atoms with Gasteiger partial charge in [0, 0.05) is 23.3 Å². The summed E-state index contributed by atoms with van der Waals surface area (Å²) in [6.45, 7) is 3.96. The number of anilines is 1. The van der Waals surface area contributed by atoms with E-state index in [2.05, 4.69) is 26.2 Å². The molecule has 0 spiro atoms. The predicted molar refractivity (Wildman–Crippen MR) is 195 cm³/mol. The van der Waals surface area contributed by atoms with Crippen LogP contribution in [0.15, 0.2) is 120 Å². The van der Waals surface area contributed by atoms with Gasteiger partial charge in [-0.2, -0.15) is 0 Å². The van der Waals surface area contributed by atoms with Crippen LogP contribution in [0, 0.1) is 0 Å². The molecule has 4 heterocycles. The lowest BCUT2D eigenvalue weighted by Crippen LogP contribution is -2.71. The Morgan fingerprint density at radius 3 is 2.30 bits per heavy atom. The highest BCUT2D eigenvalue weighted by atomic mass is 32.3. The molecule has 1 fully saturated rings. The molecule has 276 valence electrons. The number of nitrogen functional groups attached to an aromatic ring is 1. The van der Waals surface area contributed by atoms with Crippen molar-refractivity contribution < 1.29 is 45.7 Å². The van der Waals surface area contributed by atoms with E-state index < -0.39 is 45.7 Å². The van der Waals surface area contributed by atoms with E-state index in [0.717, 1.165) is 35.3 Å². The number of β-lactam (4-membered cyclic amide) rings is 1. The van der Waals surface area contributed by atoms with Crippen LogP contribution in [0.1, 0.15) is 28.6 Å². The SMILES string of the molecule is C=CC1=C(C(=O)OC(c2ccccc2)c2ccccc2)N2C(=O)C(NC(=O)C(=NOCc3cccc[n+]3C)c3csc(N)n3)[C@@H]2SC1.COS(=O)(=O)[O-]. The molecule has 15 nitrogen and oxygen atoms in total. The second kappa shape index (κ2) is 17.4. The number of ether oxygens (including phenoxy) is 1. The first-order chi connectivity index (χ1) is 25.4. The molecule has 18 heteroatoms. The highest BCUT2D eigenvalue weighted by Gasteiger charge is 2.54. The monoisotopic (exact) mass is 778 g/mol. The van der Waals surface area contributed by atoms with Gasteiger partial charge in [-0.25, -0.2) is 22.8 Å². The minimum atomic E-state index is -4.41. The first-order valence-corrected chi connectivity index (χ1v) is 19.0. The lowest BCUT2D eigenvalue weighted by atomic mass is 10.0. The molecule has 0 saturated carbocycles. The number of thioether (sulfide) groups is 1. The van der Waals surface area contributed by atoms with E-state index in [1.807, 2.05) is 96.7 Å². The molecule has 2 aliphatic rings. The van der Waals surface area contributed by atoms with Crippen LogP contribution in [0.3, 0.4) is 0 Å². The molecular formula is C35H34N6O9S3. The summed E-state index contributed by atoms with van der Waals surface area (Å²) in [5.41, 5.74) is 8.99. The Morgan fingerprint density at radius 1 is 1.13 bits per heavy atom. The Balaban J connectivity index is 0.000000833. The number of hydrogen-bond donors (Lipinski definition) is 2. The largest absolute Gasteiger partial charge is 0.726 e. The Morgan fingerprint density at radius 2 is 1.75 bits per heavy atom. The zero-order valence-electron chi connectivity index (χ0n) is 28.4. The molecule has 1 saturated heterocycles. The highest BCUT2D eigenvalue weighted by Crippen LogP contribution is 2.42. The standard InChI is InChI=1S/C34H30N6O5S2.CH4O4S/c1-3-21-19-46-32-27(37-30(41)26(25-20-47-34(35)36-25)38-44-18-24-16-10-11-17-39(24)2)31(42)40(32)28(21)33(43)45-29(22-12-6-4-7-13-22)23-14-8-5-9-15-23;1-5-6(2,3)4/h3-17,20,27,29,32H,1,18-19H2,2H3,(H2-,35,36,37,41);1H3,(H,2,3,4)/t27?,32-;/m0./s1. The van der Waals surface area contributed by atoms with Crippen molar-refractivity contribution in [3.05, 3.63) is 137 Å². The minimum absolute atomic E-state index is 0.0932. The van der Waals surface area contributed by atoms with Gasteiger partial charge in [-0.15, -0.1) is 23.1 Å². The zero-order chi connectivity index (χ0) is 38.1. The average molecular weight is 779 g/mol. The van der Waals surface area contributed by atoms with Crippen molar-refractivity contribution in [1.29, 1.82) is 0 Å². The number of carbonyl (C=O) groups is 3. The molecule has 6 rings (SSSR count). The van der Waals surface area contributed by atoms with E-state index in [1.165, 1.54) is 16.7 Å². The minimum Gasteiger partial charge on any atom is -0.726 e. The van der Waals surface area contributed by atoms with Crippen molar-refractivity contribution in [2.45, 2.75) is 24.1 Å². The smallest absolute Gasteiger partial charge is 0.356 e. The number of hydrogen-bond acceptors (Lipinski definition) is 14. The van der Waals surface area contributed by atoms with Crippen molar-refractivity contribution in [2.75, 3.05) is 18.6 Å². The Hall–Kier alpha value is -5.40. The van der Waals surface area contributed by atoms with Gasteiger partial charge in [-0.1, -0.05) is 78.5 Å². The Bertz CT molecular complexity index is 2100. The second-order valence-electron chi connectivity index (χ2n) is 11.2. The molecule has 0 radical (unpaired) electrons. The number of amides is 2. The molecule has 2 aliphatic heterocycles. The number of benzene rings is 2. The van der Waals surface area contributed by atoms with Gasteiger partial charge in [0.05, 0.1) is 7.11 Å². The molecule has 2 atom stereocenters. The third-order valence-electron chi connectivity index (χ3n) is 7.87. The fourth-order valence-electron chi connectivity index (χ4n) is 5.22. The molecule has 0 bridgehead atoms. The normalized spacial score (nSPS) is 16.9. The number of nitrogens with one attached hydrogen (secondary N) is 1. The van der Waals surface area contributed by atoms with Gasteiger partial charge < -0.3 is 25.2 Å². The van der Waals surface area contributed by atoms with Crippen LogP contribution < -0.4 is 15.6 Å². The predicted octanol–water partition coefficient (Wildman–Crippen LogP) is 2.74. The maximum atomic E-state index is 13.9. The van der Waals surface area contributed by atoms with E-state index in [0.29, 0.717) is 11.3 Å². The van der Waals surface area contributed by atoms with E-state index in [-0.39, 0.29) is 28.8 Å². The lowest BCUT2D eigenvalue weighted by Gasteiger charge is -2.49. The van der Waals surface area contributed by atoms with Crippen molar-refractivity contribution in [3.8, 4) is 0 Å². The molecule has 2 aromatic carbocycles. The van der Waals surface area contributed by atoms with Gasteiger partial charge in [0.15, 0.2) is 23.1 Å². The van der Waals surface area contributed by atoms with Gasteiger partial charge in [-0.05, 0) is 22.8 Å². The van der Waals surface area contributed by atoms with Crippen molar-refractivity contribution in [2.24, 2.45) is 12.2 Å². The van der Waals surface area contributed by atoms with Crippen LogP contribution in [0.2, 0.25) is 0 Å². The summed E-state index contributed by atoms with van der Waals surface area (Å²) in [6.07, 6.45) is 2.72. The fraction of sp³-hybridized carbons (Fsp3) is 0.200. The summed E-state index contributed by atoms with van der Waals surface area (Å²) in [5.74, 6) is -1.41. The molecule has 4 aromatic rings. The van der Waals surface area contributed by atoms with Gasteiger partial charge >= 0.3 is 5.97 Å². The number of nitrogens with two attached hydrogens (primary N) is 1. The number of oxime groups is 1. The maximum absolute atomic E-state index is 13.9. The van der Waals surface area contributed by atoms with Crippen LogP contribution in [0.4, 0.5) is 5.13 Å². The molecule has 0 aliphatic carbocycles. The van der Waals surface area contributed by atoms with E-state index >= 15 is 0 Å². The van der Waals surface area contributed by atoms with Crippen molar-refractivity contribution in [3.63, 3.8) is 0 Å². The third kappa shape index (κ3) is 9.53. The van der Waals surface area contributed by atoms with Gasteiger partial charge in [0.2, 0.25) is 22.7 Å². The number of allylic oxidation sites excluding steroid dienone is 1. The van der Waals surface area contributed by atoms with Crippen LogP contribution in [0.25, 0.3) is 0 Å². The summed E-state index contributed by atoms with van der Waals surface area (Å²) in [4.78, 5) is 52.2. The lowest BCUT2D eigenvalue weighted by molar-refractivity contribution is -0.681. The van der Waals surface area contributed by atoms with Crippen LogP contribution >= 0.6 is 23.1 Å². The quantitative estimate of drug-likeness (QED) is 0.0405. The van der Waals surface area contributed by atoms with Crippen LogP contribution in [0.5, 0.6) is 0 Å². The summed E-state index contributed by atoms with van der Waals surface area (Å²) < 4.78 is 39.0. The fourth-order valence-corrected chi connectivity index (χ4v) is 7.11. The molecule has 1 unspecified atom stereocenters. The number of fused-ring (bicyclic) bond motifs is 1. The van der Waals surface area contributed by atoms with Crippen LogP contribution in [-0.4, -0.2) is 70.6 Å².